The molecule has 1 N–H and O–H groups in total. The van der Waals surface area contributed by atoms with E-state index in [4.69, 9.17) is 18.7 Å². The van der Waals surface area contributed by atoms with Crippen LogP contribution in [0.1, 0.15) is 23.3 Å². The van der Waals surface area contributed by atoms with Crippen molar-refractivity contribution < 1.29 is 32.6 Å². The first-order chi connectivity index (χ1) is 17.0. The van der Waals surface area contributed by atoms with Crippen molar-refractivity contribution in [1.29, 1.82) is 0 Å². The number of nitrogens with zero attached hydrogens (tertiary/aromatic N) is 2. The number of aliphatic hydroxyl groups excluding tert-OH is 1. The number of furan rings is 1. The first-order valence-corrected chi connectivity index (χ1v) is 11.3. The van der Waals surface area contributed by atoms with Gasteiger partial charge in [-0.15, -0.1) is 0 Å². The van der Waals surface area contributed by atoms with Gasteiger partial charge in [-0.3, -0.25) is 4.90 Å². The lowest BCUT2D eigenvalue weighted by Crippen LogP contribution is -2.39. The van der Waals surface area contributed by atoms with Crippen molar-refractivity contribution in [3.8, 4) is 5.75 Å². The molecule has 9 heteroatoms. The smallest absolute Gasteiger partial charge is 0.145 e. The second kappa shape index (κ2) is 11.9. The van der Waals surface area contributed by atoms with E-state index in [9.17, 15) is 13.9 Å². The van der Waals surface area contributed by atoms with E-state index in [-0.39, 0.29) is 32.4 Å². The highest BCUT2D eigenvalue weighted by molar-refractivity contribution is 6.01. The normalized spacial score (nSPS) is 16.3. The minimum Gasteiger partial charge on any atom is -0.497 e. The van der Waals surface area contributed by atoms with E-state index >= 15 is 0 Å². The molecule has 1 aliphatic rings. The number of oxime groups is 1. The molecule has 4 rings (SSSR count). The summed E-state index contributed by atoms with van der Waals surface area (Å²) in [5.41, 5.74) is 2.05. The number of aliphatic hydroxyl groups is 1. The largest absolute Gasteiger partial charge is 0.497 e. The molecule has 7 nitrogen and oxygen atoms in total. The van der Waals surface area contributed by atoms with Gasteiger partial charge in [0.1, 0.15) is 35.9 Å². The Hall–Kier alpha value is -3.27. The Morgan fingerprint density at radius 1 is 1.17 bits per heavy atom. The Labute approximate surface area is 202 Å². The quantitative estimate of drug-likeness (QED) is 0.415. The van der Waals surface area contributed by atoms with Crippen LogP contribution >= 0.6 is 0 Å². The molecule has 35 heavy (non-hydrogen) atoms. The summed E-state index contributed by atoms with van der Waals surface area (Å²) in [5.74, 6) is 0.132. The van der Waals surface area contributed by atoms with Crippen molar-refractivity contribution >= 4 is 5.71 Å². The van der Waals surface area contributed by atoms with Crippen LogP contribution in [0.2, 0.25) is 0 Å². The highest BCUT2D eigenvalue weighted by Gasteiger charge is 2.26. The Morgan fingerprint density at radius 3 is 2.71 bits per heavy atom. The van der Waals surface area contributed by atoms with Gasteiger partial charge in [-0.25, -0.2) is 8.78 Å². The van der Waals surface area contributed by atoms with Crippen LogP contribution in [0.15, 0.2) is 70.4 Å². The van der Waals surface area contributed by atoms with Crippen LogP contribution in [-0.4, -0.2) is 54.7 Å². The topological polar surface area (TPSA) is 76.7 Å². The summed E-state index contributed by atoms with van der Waals surface area (Å²) in [6, 6.07) is 14.6. The van der Waals surface area contributed by atoms with Gasteiger partial charge in [-0.05, 0) is 48.0 Å². The number of hydrogen-bond donors (Lipinski definition) is 1. The third kappa shape index (κ3) is 7.11. The van der Waals surface area contributed by atoms with Crippen molar-refractivity contribution in [3.63, 3.8) is 0 Å². The van der Waals surface area contributed by atoms with Gasteiger partial charge in [0.2, 0.25) is 0 Å². The van der Waals surface area contributed by atoms with Crippen LogP contribution in [-0.2, 0) is 22.7 Å². The van der Waals surface area contributed by atoms with Crippen LogP contribution in [0, 0.1) is 11.6 Å². The van der Waals surface area contributed by atoms with Gasteiger partial charge in [0.25, 0.3) is 0 Å². The van der Waals surface area contributed by atoms with Crippen LogP contribution in [0.3, 0.4) is 0 Å². The fourth-order valence-corrected chi connectivity index (χ4v) is 3.90. The molecule has 0 spiro atoms. The average Bonchev–Trinajstić information content (AvgIpc) is 3.53. The zero-order chi connectivity index (χ0) is 24.6. The predicted octanol–water partition coefficient (Wildman–Crippen LogP) is 4.14. The molecule has 3 aromatic rings. The van der Waals surface area contributed by atoms with E-state index < -0.39 is 17.7 Å². The zero-order valence-electron chi connectivity index (χ0n) is 19.4. The summed E-state index contributed by atoms with van der Waals surface area (Å²) in [7, 11) is 1.61. The van der Waals surface area contributed by atoms with Crippen molar-refractivity contribution in [2.75, 3.05) is 26.8 Å². The van der Waals surface area contributed by atoms with Crippen molar-refractivity contribution in [3.05, 3.63) is 89.4 Å². The molecule has 2 heterocycles. The summed E-state index contributed by atoms with van der Waals surface area (Å²) < 4.78 is 43.7. The zero-order valence-corrected chi connectivity index (χ0v) is 19.4. The lowest BCUT2D eigenvalue weighted by molar-refractivity contribution is -0.00976. The lowest BCUT2D eigenvalue weighted by Gasteiger charge is -2.27. The highest BCUT2D eigenvalue weighted by atomic mass is 19.1. The van der Waals surface area contributed by atoms with E-state index in [1.165, 1.54) is 12.1 Å². The van der Waals surface area contributed by atoms with Crippen molar-refractivity contribution in [2.45, 2.75) is 31.8 Å². The number of methoxy groups -OCH3 is 1. The molecule has 2 atom stereocenters. The molecular formula is C26H28F2N2O5. The average molecular weight is 487 g/mol. The van der Waals surface area contributed by atoms with Gasteiger partial charge in [0.05, 0.1) is 31.8 Å². The molecule has 0 amide bonds. The number of hydrogen-bond acceptors (Lipinski definition) is 7. The Morgan fingerprint density at radius 2 is 2.00 bits per heavy atom. The van der Waals surface area contributed by atoms with E-state index in [1.54, 1.807) is 25.5 Å². The van der Waals surface area contributed by atoms with Crippen LogP contribution in [0.5, 0.6) is 5.75 Å². The molecule has 0 aliphatic carbocycles. The number of ether oxygens (including phenoxy) is 2. The molecule has 0 saturated carbocycles. The predicted molar refractivity (Wildman–Crippen MR) is 125 cm³/mol. The van der Waals surface area contributed by atoms with Gasteiger partial charge in [-0.2, -0.15) is 0 Å². The first-order valence-electron chi connectivity index (χ1n) is 11.3. The second-order valence-electron chi connectivity index (χ2n) is 8.38. The molecule has 186 valence electrons. The molecule has 1 aromatic heterocycles. The maximum absolute atomic E-state index is 14.3. The van der Waals surface area contributed by atoms with Crippen LogP contribution in [0.25, 0.3) is 0 Å². The maximum atomic E-state index is 14.3. The van der Waals surface area contributed by atoms with Gasteiger partial charge in [0.15, 0.2) is 0 Å². The number of benzene rings is 2. The standard InChI is InChI=1S/C26H28F2N2O5/c1-32-22-8-5-18(6-9-22)26-12-24(35-29-26)15-30(13-19-4-7-20(27)11-25(19)28)14-21(31)16-33-17-23-3-2-10-34-23/h2-11,21,24,31H,12-17H2,1H3/t21-,24-/m1/s1. The first kappa shape index (κ1) is 24.8. The third-order valence-corrected chi connectivity index (χ3v) is 5.63. The summed E-state index contributed by atoms with van der Waals surface area (Å²) in [5, 5.41) is 14.8. The van der Waals surface area contributed by atoms with E-state index in [0.29, 0.717) is 24.3 Å². The fourth-order valence-electron chi connectivity index (χ4n) is 3.90. The summed E-state index contributed by atoms with van der Waals surface area (Å²) >= 11 is 0. The van der Waals surface area contributed by atoms with Crippen LogP contribution < -0.4 is 4.74 Å². The molecule has 1 aliphatic heterocycles. The van der Waals surface area contributed by atoms with Gasteiger partial charge in [-0.1, -0.05) is 11.2 Å². The number of rotatable bonds is 12. The van der Waals surface area contributed by atoms with Crippen molar-refractivity contribution in [2.24, 2.45) is 5.16 Å². The Balaban J connectivity index is 1.36. The third-order valence-electron chi connectivity index (χ3n) is 5.63. The molecular weight excluding hydrogens is 458 g/mol. The SMILES string of the molecule is COc1ccc(C2=NO[C@@H](CN(Cc3ccc(F)cc3F)C[C@@H](O)COCc3ccco3)C2)cc1. The molecule has 0 saturated heterocycles. The monoisotopic (exact) mass is 486 g/mol. The molecule has 0 fully saturated rings. The molecule has 0 bridgehead atoms. The highest BCUT2D eigenvalue weighted by Crippen LogP contribution is 2.21. The van der Waals surface area contributed by atoms with E-state index in [0.717, 1.165) is 23.1 Å². The minimum atomic E-state index is -0.836. The van der Waals surface area contributed by atoms with Crippen LogP contribution in [0.4, 0.5) is 8.78 Å². The van der Waals surface area contributed by atoms with Gasteiger partial charge >= 0.3 is 0 Å². The molecule has 0 radical (unpaired) electrons. The van der Waals surface area contributed by atoms with E-state index in [2.05, 4.69) is 5.16 Å². The van der Waals surface area contributed by atoms with Gasteiger partial charge < -0.3 is 23.8 Å². The summed E-state index contributed by atoms with van der Waals surface area (Å²) in [6.07, 6.45) is 0.987. The lowest BCUT2D eigenvalue weighted by atomic mass is 10.0. The number of halogens is 2. The maximum Gasteiger partial charge on any atom is 0.145 e. The van der Waals surface area contributed by atoms with Crippen molar-refractivity contribution in [1.82, 2.24) is 4.90 Å². The molecule has 2 aromatic carbocycles. The summed E-state index contributed by atoms with van der Waals surface area (Å²) in [6.45, 7) is 1.06. The minimum absolute atomic E-state index is 0.0716. The molecule has 0 unspecified atom stereocenters. The second-order valence-corrected chi connectivity index (χ2v) is 8.38. The fraction of sp³-hybridized carbons (Fsp3) is 0.346. The Bertz CT molecular complexity index is 1110. The Kier molecular flexibility index (Phi) is 8.46. The van der Waals surface area contributed by atoms with E-state index in [1.807, 2.05) is 29.2 Å². The summed E-state index contributed by atoms with van der Waals surface area (Å²) in [4.78, 5) is 7.50. The van der Waals surface area contributed by atoms with Gasteiger partial charge in [0, 0.05) is 37.7 Å².